The molecule has 1 heterocycles. The molecular formula is C8H16Br3N2O2P. The molecule has 1 aliphatic heterocycles. The average molecular weight is 443 g/mol. The molecule has 0 spiro atoms. The van der Waals surface area contributed by atoms with Gasteiger partial charge in [-0.2, -0.15) is 0 Å². The molecule has 0 amide bonds. The third-order valence-corrected chi connectivity index (χ3v) is 8.03. The molecule has 1 saturated heterocycles. The Bertz CT molecular complexity index is 264. The molecule has 0 radical (unpaired) electrons. The van der Waals surface area contributed by atoms with E-state index in [2.05, 4.69) is 52.9 Å². The third kappa shape index (κ3) is 3.77. The van der Waals surface area contributed by atoms with E-state index in [1.807, 2.05) is 0 Å². The molecule has 0 aromatic rings. The molecule has 96 valence electrons. The number of alkyl halides is 3. The van der Waals surface area contributed by atoms with E-state index < -0.39 is 7.67 Å². The highest BCUT2D eigenvalue weighted by Gasteiger charge is 2.35. The van der Waals surface area contributed by atoms with Gasteiger partial charge >= 0.3 is 7.67 Å². The molecule has 1 unspecified atom stereocenters. The van der Waals surface area contributed by atoms with Gasteiger partial charge in [0.05, 0.1) is 0 Å². The van der Waals surface area contributed by atoms with Crippen LogP contribution in [0.1, 0.15) is 6.42 Å². The van der Waals surface area contributed by atoms with Crippen LogP contribution in [-0.2, 0) is 4.57 Å². The fourth-order valence-electron chi connectivity index (χ4n) is 1.19. The Balaban J connectivity index is 2.50. The number of nitrogens with zero attached hydrogens (tertiary/aromatic N) is 1. The Morgan fingerprint density at radius 1 is 1.25 bits per heavy atom. The van der Waals surface area contributed by atoms with Crippen molar-refractivity contribution in [3.05, 3.63) is 0 Å². The molecule has 8 heteroatoms. The highest BCUT2D eigenvalue weighted by atomic mass is 79.9. The van der Waals surface area contributed by atoms with Crippen molar-refractivity contribution in [1.82, 2.24) is 9.76 Å². The quantitative estimate of drug-likeness (QED) is 0.470. The molecule has 1 atom stereocenters. The molecule has 1 aliphatic rings. The zero-order valence-corrected chi connectivity index (χ0v) is 14.5. The molecule has 0 saturated carbocycles. The maximum absolute atomic E-state index is 11.9. The normalized spacial score (nSPS) is 21.5. The topological polar surface area (TPSA) is 52.6 Å². The van der Waals surface area contributed by atoms with Crippen molar-refractivity contribution >= 4 is 55.5 Å². The van der Waals surface area contributed by atoms with Gasteiger partial charge in [-0.05, 0) is 6.42 Å². The second kappa shape index (κ2) is 6.64. The number of hydrogen-bond donors (Lipinski definition) is 2. The van der Waals surface area contributed by atoms with Gasteiger partial charge in [0.25, 0.3) is 0 Å². The summed E-state index contributed by atoms with van der Waals surface area (Å²) < 4.78 is 13.5. The molecule has 0 aromatic carbocycles. The lowest BCUT2D eigenvalue weighted by Gasteiger charge is -2.36. The van der Waals surface area contributed by atoms with E-state index in [4.69, 9.17) is 0 Å². The van der Waals surface area contributed by atoms with Crippen LogP contribution in [0.2, 0.25) is 0 Å². The van der Waals surface area contributed by atoms with E-state index in [0.29, 0.717) is 19.6 Å². The zero-order valence-electron chi connectivity index (χ0n) is 8.83. The molecule has 0 aromatic heterocycles. The number of halogens is 3. The molecule has 4 nitrogen and oxygen atoms in total. The van der Waals surface area contributed by atoms with Crippen LogP contribution in [0.5, 0.6) is 0 Å². The lowest BCUT2D eigenvalue weighted by atomic mass is 9.97. The van der Waals surface area contributed by atoms with Crippen molar-refractivity contribution in [2.24, 2.45) is 5.41 Å². The van der Waals surface area contributed by atoms with Gasteiger partial charge in [0.2, 0.25) is 0 Å². The van der Waals surface area contributed by atoms with E-state index in [1.165, 1.54) is 0 Å². The fourth-order valence-corrected chi connectivity index (χ4v) is 6.14. The van der Waals surface area contributed by atoms with E-state index in [0.717, 1.165) is 22.4 Å². The second-order valence-corrected chi connectivity index (χ2v) is 7.74. The highest BCUT2D eigenvalue weighted by molar-refractivity contribution is 9.10. The van der Waals surface area contributed by atoms with Crippen LogP contribution in [0.25, 0.3) is 0 Å². The van der Waals surface area contributed by atoms with Gasteiger partial charge in [-0.1, -0.05) is 47.8 Å². The Morgan fingerprint density at radius 2 is 1.75 bits per heavy atom. The van der Waals surface area contributed by atoms with Gasteiger partial charge in [-0.3, -0.25) is 4.57 Å². The van der Waals surface area contributed by atoms with Crippen molar-refractivity contribution in [2.75, 3.05) is 35.6 Å². The summed E-state index contributed by atoms with van der Waals surface area (Å²) in [5, 5.41) is 5.10. The molecule has 2 N–H and O–H groups in total. The number of nitrogens with one attached hydrogen (secondary N) is 1. The van der Waals surface area contributed by atoms with Gasteiger partial charge in [-0.25, -0.2) is 9.76 Å². The van der Waals surface area contributed by atoms with E-state index >= 15 is 0 Å². The smallest absolute Gasteiger partial charge is 0.322 e. The summed E-state index contributed by atoms with van der Waals surface area (Å²) >= 11 is 10.3. The lowest BCUT2D eigenvalue weighted by Crippen LogP contribution is -2.43. The minimum absolute atomic E-state index is 0.0801. The van der Waals surface area contributed by atoms with Crippen LogP contribution < -0.4 is 5.09 Å². The van der Waals surface area contributed by atoms with Crippen LogP contribution in [0.4, 0.5) is 0 Å². The van der Waals surface area contributed by atoms with Gasteiger partial charge in [0.15, 0.2) is 0 Å². The average Bonchev–Trinajstić information content (AvgIpc) is 2.17. The third-order valence-electron chi connectivity index (χ3n) is 2.73. The minimum atomic E-state index is -3.31. The van der Waals surface area contributed by atoms with Crippen molar-refractivity contribution in [3.63, 3.8) is 0 Å². The molecule has 1 fully saturated rings. The lowest BCUT2D eigenvalue weighted by molar-refractivity contribution is 0.256. The molecule has 0 bridgehead atoms. The summed E-state index contributed by atoms with van der Waals surface area (Å²) in [5.74, 6) is 0. The fraction of sp³-hybridized carbons (Fsp3) is 1.00. The van der Waals surface area contributed by atoms with Crippen molar-refractivity contribution < 1.29 is 9.46 Å². The predicted molar refractivity (Wildman–Crippen MR) is 77.8 cm³/mol. The highest BCUT2D eigenvalue weighted by Crippen LogP contribution is 2.44. The van der Waals surface area contributed by atoms with Crippen LogP contribution in [0.15, 0.2) is 0 Å². The summed E-state index contributed by atoms with van der Waals surface area (Å²) in [7, 11) is -3.31. The Morgan fingerprint density at radius 3 is 2.06 bits per heavy atom. The van der Waals surface area contributed by atoms with Crippen LogP contribution in [-0.4, -0.2) is 45.2 Å². The number of hydrogen-bond acceptors (Lipinski definition) is 1. The predicted octanol–water partition coefficient (Wildman–Crippen LogP) is 2.55. The second-order valence-electron chi connectivity index (χ2n) is 4.09. The first kappa shape index (κ1) is 15.6. The maximum Gasteiger partial charge on any atom is 0.340 e. The summed E-state index contributed by atoms with van der Waals surface area (Å²) in [6, 6.07) is 0. The molecule has 0 aliphatic carbocycles. The van der Waals surface area contributed by atoms with Crippen LogP contribution >= 0.6 is 55.5 Å². The molecule has 16 heavy (non-hydrogen) atoms. The van der Waals surface area contributed by atoms with E-state index in [-0.39, 0.29) is 5.41 Å². The van der Waals surface area contributed by atoms with Gasteiger partial charge in [-0.15, -0.1) is 0 Å². The van der Waals surface area contributed by atoms with Crippen LogP contribution in [0.3, 0.4) is 0 Å². The molecule has 1 rings (SSSR count). The van der Waals surface area contributed by atoms with Gasteiger partial charge < -0.3 is 4.89 Å². The van der Waals surface area contributed by atoms with Gasteiger partial charge in [0.1, 0.15) is 0 Å². The summed E-state index contributed by atoms with van der Waals surface area (Å²) in [6.07, 6.45) is 1.01. The molecular weight excluding hydrogens is 427 g/mol. The monoisotopic (exact) mass is 440 g/mol. The SMILES string of the molecule is O=P(O)(NCC(CBr)(CBr)CBr)N1CCC1. The first-order chi connectivity index (χ1) is 7.49. The van der Waals surface area contributed by atoms with Crippen molar-refractivity contribution in [3.8, 4) is 0 Å². The van der Waals surface area contributed by atoms with Gasteiger partial charge in [0, 0.05) is 41.0 Å². The largest absolute Gasteiger partial charge is 0.340 e. The summed E-state index contributed by atoms with van der Waals surface area (Å²) in [5.41, 5.74) is -0.0801. The Hall–Kier alpha value is 1.55. The standard InChI is InChI=1S/C8H16Br3N2O2P/c9-4-8(5-10,6-11)7-12-16(14,15)13-2-1-3-13/h1-7H2,(H2,12,14,15). The first-order valence-corrected chi connectivity index (χ1v) is 9.98. The van der Waals surface area contributed by atoms with Crippen molar-refractivity contribution in [2.45, 2.75) is 6.42 Å². The Kier molecular flexibility index (Phi) is 6.48. The number of rotatable bonds is 7. The summed E-state index contributed by atoms with van der Waals surface area (Å²) in [6.45, 7) is 1.93. The minimum Gasteiger partial charge on any atom is -0.322 e. The van der Waals surface area contributed by atoms with E-state index in [1.54, 1.807) is 4.67 Å². The van der Waals surface area contributed by atoms with Crippen molar-refractivity contribution in [1.29, 1.82) is 0 Å². The van der Waals surface area contributed by atoms with Crippen LogP contribution in [0, 0.1) is 5.41 Å². The zero-order chi connectivity index (χ0) is 12.2. The first-order valence-electron chi connectivity index (χ1n) is 5.01. The Labute approximate surface area is 121 Å². The summed E-state index contributed by atoms with van der Waals surface area (Å²) in [4.78, 5) is 9.81. The van der Waals surface area contributed by atoms with E-state index in [9.17, 15) is 9.46 Å². The maximum atomic E-state index is 11.9.